The molecule has 0 radical (unpaired) electrons. The van der Waals surface area contributed by atoms with Gasteiger partial charge in [0.15, 0.2) is 0 Å². The van der Waals surface area contributed by atoms with Gasteiger partial charge in [-0.2, -0.15) is 0 Å². The average molecular weight is 262 g/mol. The first-order chi connectivity index (χ1) is 9.26. The summed E-state index contributed by atoms with van der Waals surface area (Å²) in [4.78, 5) is 17.0. The Kier molecular flexibility index (Phi) is 4.54. The van der Waals surface area contributed by atoms with E-state index in [1.165, 1.54) is 0 Å². The molecule has 0 saturated heterocycles. The van der Waals surface area contributed by atoms with Crippen LogP contribution in [0.25, 0.3) is 10.9 Å². The van der Waals surface area contributed by atoms with E-state index in [2.05, 4.69) is 4.98 Å². The molecule has 1 aromatic carbocycles. The number of amides is 1. The van der Waals surface area contributed by atoms with Gasteiger partial charge in [0.05, 0.1) is 13.2 Å². The van der Waals surface area contributed by atoms with E-state index in [0.717, 1.165) is 10.9 Å². The highest BCUT2D eigenvalue weighted by atomic mass is 16.5. The molecule has 2 aromatic rings. The van der Waals surface area contributed by atoms with Gasteiger partial charge in [0.2, 0.25) is 0 Å². The van der Waals surface area contributed by atoms with E-state index in [9.17, 15) is 4.79 Å². The number of H-pyrrole nitrogens is 1. The number of nitrogens with zero attached hydrogens (tertiary/aromatic N) is 1. The van der Waals surface area contributed by atoms with Gasteiger partial charge in [-0.15, -0.1) is 0 Å². The van der Waals surface area contributed by atoms with E-state index in [1.807, 2.05) is 30.3 Å². The number of hydrogen-bond acceptors (Lipinski definition) is 3. The number of para-hydroxylation sites is 1. The number of nitrogens with one attached hydrogen (secondary N) is 1. The molecule has 1 amide bonds. The Labute approximate surface area is 111 Å². The normalized spacial score (nSPS) is 10.8. The van der Waals surface area contributed by atoms with Crippen LogP contribution in [0, 0.1) is 0 Å². The van der Waals surface area contributed by atoms with Gasteiger partial charge >= 0.3 is 0 Å². The lowest BCUT2D eigenvalue weighted by atomic mass is 10.2. The van der Waals surface area contributed by atoms with Crippen LogP contribution in [-0.2, 0) is 4.74 Å². The quantitative estimate of drug-likeness (QED) is 0.823. The Morgan fingerprint density at radius 1 is 1.37 bits per heavy atom. The van der Waals surface area contributed by atoms with Gasteiger partial charge in [-0.05, 0) is 12.1 Å². The predicted molar refractivity (Wildman–Crippen MR) is 73.2 cm³/mol. The van der Waals surface area contributed by atoms with Gasteiger partial charge in [-0.3, -0.25) is 4.79 Å². The van der Waals surface area contributed by atoms with Crippen LogP contribution in [0.4, 0.5) is 0 Å². The molecule has 1 aromatic heterocycles. The molecule has 5 heteroatoms. The van der Waals surface area contributed by atoms with Crippen LogP contribution in [0.1, 0.15) is 10.5 Å². The van der Waals surface area contributed by atoms with Gasteiger partial charge in [-0.25, -0.2) is 0 Å². The number of methoxy groups -OCH3 is 1. The highest BCUT2D eigenvalue weighted by molar-refractivity contribution is 5.98. The first kappa shape index (κ1) is 13.6. The number of carbonyl (C=O) groups is 1. The fraction of sp³-hybridized carbons (Fsp3) is 0.357. The predicted octanol–water partition coefficient (Wildman–Crippen LogP) is 1.25. The molecule has 0 spiro atoms. The molecular formula is C14H18N2O3. The van der Waals surface area contributed by atoms with Gasteiger partial charge in [0.1, 0.15) is 5.69 Å². The smallest absolute Gasteiger partial charge is 0.270 e. The third-order valence-electron chi connectivity index (χ3n) is 2.98. The van der Waals surface area contributed by atoms with Crippen LogP contribution in [0.5, 0.6) is 0 Å². The summed E-state index contributed by atoms with van der Waals surface area (Å²) in [5.41, 5.74) is 1.47. The summed E-state index contributed by atoms with van der Waals surface area (Å²) in [6.45, 7) is 1.16. The number of aliphatic hydroxyl groups excluding tert-OH is 1. The average Bonchev–Trinajstić information content (AvgIpc) is 2.86. The molecule has 0 atom stereocenters. The van der Waals surface area contributed by atoms with E-state index in [-0.39, 0.29) is 12.5 Å². The summed E-state index contributed by atoms with van der Waals surface area (Å²) in [7, 11) is 1.59. The molecular weight excluding hydrogens is 244 g/mol. The van der Waals surface area contributed by atoms with Crippen molar-refractivity contribution >= 4 is 16.8 Å². The summed E-state index contributed by atoms with van der Waals surface area (Å²) < 4.78 is 4.98. The molecule has 0 aliphatic heterocycles. The first-order valence-electron chi connectivity index (χ1n) is 6.23. The molecule has 102 valence electrons. The highest BCUT2D eigenvalue weighted by Gasteiger charge is 2.17. The Balaban J connectivity index is 2.19. The number of aromatic amines is 1. The Bertz CT molecular complexity index is 517. The van der Waals surface area contributed by atoms with E-state index in [1.54, 1.807) is 12.0 Å². The van der Waals surface area contributed by atoms with Crippen LogP contribution in [0.2, 0.25) is 0 Å². The monoisotopic (exact) mass is 262 g/mol. The van der Waals surface area contributed by atoms with E-state index in [0.29, 0.717) is 25.4 Å². The summed E-state index contributed by atoms with van der Waals surface area (Å²) in [6.07, 6.45) is 0. The molecule has 0 fully saturated rings. The molecule has 2 N–H and O–H groups in total. The molecule has 0 unspecified atom stereocenters. The van der Waals surface area contributed by atoms with Crippen LogP contribution in [-0.4, -0.2) is 54.3 Å². The number of carbonyl (C=O) groups excluding carboxylic acids is 1. The highest BCUT2D eigenvalue weighted by Crippen LogP contribution is 2.15. The summed E-state index contributed by atoms with van der Waals surface area (Å²) >= 11 is 0. The van der Waals surface area contributed by atoms with Crippen LogP contribution >= 0.6 is 0 Å². The number of benzene rings is 1. The van der Waals surface area contributed by atoms with Crippen LogP contribution in [0.3, 0.4) is 0 Å². The van der Waals surface area contributed by atoms with Crippen LogP contribution < -0.4 is 0 Å². The number of fused-ring (bicyclic) bond motifs is 1. The molecule has 2 rings (SSSR count). The second-order valence-electron chi connectivity index (χ2n) is 4.28. The molecule has 0 aliphatic carbocycles. The third-order valence-corrected chi connectivity index (χ3v) is 2.98. The number of rotatable bonds is 6. The van der Waals surface area contributed by atoms with Crippen molar-refractivity contribution in [3.63, 3.8) is 0 Å². The summed E-state index contributed by atoms with van der Waals surface area (Å²) in [5.74, 6) is -0.123. The fourth-order valence-corrected chi connectivity index (χ4v) is 2.00. The second-order valence-corrected chi connectivity index (χ2v) is 4.28. The van der Waals surface area contributed by atoms with Crippen molar-refractivity contribution in [3.05, 3.63) is 36.0 Å². The SMILES string of the molecule is COCCN(CCO)C(=O)c1cc2ccccc2[nH]1. The van der Waals surface area contributed by atoms with Gasteiger partial charge in [0, 0.05) is 31.1 Å². The van der Waals surface area contributed by atoms with Crippen molar-refractivity contribution in [2.75, 3.05) is 33.4 Å². The topological polar surface area (TPSA) is 65.6 Å². The Morgan fingerprint density at radius 2 is 2.16 bits per heavy atom. The standard InChI is InChI=1S/C14H18N2O3/c1-19-9-7-16(6-8-17)14(18)13-10-11-4-2-3-5-12(11)15-13/h2-5,10,15,17H,6-9H2,1H3. The molecule has 5 nitrogen and oxygen atoms in total. The lowest BCUT2D eigenvalue weighted by Crippen LogP contribution is -2.36. The van der Waals surface area contributed by atoms with Gasteiger partial charge in [0.25, 0.3) is 5.91 Å². The maximum absolute atomic E-state index is 12.3. The minimum absolute atomic E-state index is 0.0598. The molecule has 1 heterocycles. The van der Waals surface area contributed by atoms with Crippen molar-refractivity contribution in [3.8, 4) is 0 Å². The van der Waals surface area contributed by atoms with Crippen molar-refractivity contribution in [2.24, 2.45) is 0 Å². The van der Waals surface area contributed by atoms with E-state index >= 15 is 0 Å². The summed E-state index contributed by atoms with van der Waals surface area (Å²) in [5, 5.41) is 10.0. The Morgan fingerprint density at radius 3 is 2.84 bits per heavy atom. The molecule has 0 saturated carbocycles. The Hall–Kier alpha value is -1.85. The number of aliphatic hydroxyl groups is 1. The largest absolute Gasteiger partial charge is 0.395 e. The number of hydrogen-bond donors (Lipinski definition) is 2. The van der Waals surface area contributed by atoms with E-state index < -0.39 is 0 Å². The fourth-order valence-electron chi connectivity index (χ4n) is 2.00. The van der Waals surface area contributed by atoms with Gasteiger partial charge in [-0.1, -0.05) is 18.2 Å². The minimum atomic E-state index is -0.123. The number of aromatic nitrogens is 1. The van der Waals surface area contributed by atoms with Crippen molar-refractivity contribution in [1.82, 2.24) is 9.88 Å². The maximum Gasteiger partial charge on any atom is 0.270 e. The van der Waals surface area contributed by atoms with Crippen molar-refractivity contribution < 1.29 is 14.6 Å². The molecule has 0 aliphatic rings. The van der Waals surface area contributed by atoms with Gasteiger partial charge < -0.3 is 19.7 Å². The molecule has 19 heavy (non-hydrogen) atoms. The first-order valence-corrected chi connectivity index (χ1v) is 6.23. The lowest BCUT2D eigenvalue weighted by molar-refractivity contribution is 0.0652. The zero-order valence-corrected chi connectivity index (χ0v) is 10.9. The molecule has 0 bridgehead atoms. The number of ether oxygens (including phenoxy) is 1. The lowest BCUT2D eigenvalue weighted by Gasteiger charge is -2.20. The zero-order valence-electron chi connectivity index (χ0n) is 10.9. The minimum Gasteiger partial charge on any atom is -0.395 e. The third kappa shape index (κ3) is 3.13. The van der Waals surface area contributed by atoms with Crippen molar-refractivity contribution in [2.45, 2.75) is 0 Å². The second kappa shape index (κ2) is 6.36. The van der Waals surface area contributed by atoms with Crippen molar-refractivity contribution in [1.29, 1.82) is 0 Å². The van der Waals surface area contributed by atoms with E-state index in [4.69, 9.17) is 9.84 Å². The zero-order chi connectivity index (χ0) is 13.7. The maximum atomic E-state index is 12.3. The van der Waals surface area contributed by atoms with Crippen LogP contribution in [0.15, 0.2) is 30.3 Å². The summed E-state index contributed by atoms with van der Waals surface area (Å²) in [6, 6.07) is 9.56.